The third-order valence-corrected chi connectivity index (χ3v) is 6.00. The van der Waals surface area contributed by atoms with Gasteiger partial charge in [-0.25, -0.2) is 0 Å². The first-order valence-corrected chi connectivity index (χ1v) is 11.2. The predicted molar refractivity (Wildman–Crippen MR) is 133 cm³/mol. The molecule has 1 aliphatic heterocycles. The second-order valence-corrected chi connectivity index (χ2v) is 8.35. The van der Waals surface area contributed by atoms with Crippen LogP contribution in [0, 0.1) is 0 Å². The zero-order chi connectivity index (χ0) is 23.2. The van der Waals surface area contributed by atoms with Crippen LogP contribution in [0.1, 0.15) is 17.2 Å². The van der Waals surface area contributed by atoms with Crippen LogP contribution < -0.4 is 24.6 Å². The van der Waals surface area contributed by atoms with Gasteiger partial charge in [-0.3, -0.25) is 4.79 Å². The minimum Gasteiger partial charge on any atom is -0.497 e. The summed E-state index contributed by atoms with van der Waals surface area (Å²) in [5.41, 5.74) is 4.91. The van der Waals surface area contributed by atoms with Crippen molar-refractivity contribution in [2.75, 3.05) is 50.7 Å². The van der Waals surface area contributed by atoms with Crippen LogP contribution >= 0.6 is 0 Å². The van der Waals surface area contributed by atoms with E-state index in [0.29, 0.717) is 18.0 Å². The molecular weight excluding hydrogens is 414 g/mol. The zero-order valence-corrected chi connectivity index (χ0v) is 19.5. The molecule has 1 unspecified atom stereocenters. The van der Waals surface area contributed by atoms with Gasteiger partial charge in [-0.2, -0.15) is 0 Å². The number of fused-ring (bicyclic) bond motifs is 1. The van der Waals surface area contributed by atoms with E-state index >= 15 is 0 Å². The molecule has 1 atom stereocenters. The second kappa shape index (κ2) is 10.3. The highest BCUT2D eigenvalue weighted by Gasteiger charge is 2.27. The SMILES string of the molecule is COc1cccc(OCC(=O)NCC(c2ccc(N(C)C)cc2)N2CCc3ccccc32)c1. The van der Waals surface area contributed by atoms with Crippen molar-refractivity contribution < 1.29 is 14.3 Å². The number of anilines is 2. The molecular formula is C27H31N3O3. The number of para-hydroxylation sites is 1. The largest absolute Gasteiger partial charge is 0.497 e. The summed E-state index contributed by atoms with van der Waals surface area (Å²) in [5.74, 6) is 1.15. The summed E-state index contributed by atoms with van der Waals surface area (Å²) in [7, 11) is 5.67. The second-order valence-electron chi connectivity index (χ2n) is 8.35. The van der Waals surface area contributed by atoms with Gasteiger partial charge in [-0.05, 0) is 47.9 Å². The Hall–Kier alpha value is -3.67. The molecule has 0 saturated carbocycles. The van der Waals surface area contributed by atoms with Crippen molar-refractivity contribution in [3.63, 3.8) is 0 Å². The van der Waals surface area contributed by atoms with E-state index in [0.717, 1.165) is 18.7 Å². The quantitative estimate of drug-likeness (QED) is 0.538. The van der Waals surface area contributed by atoms with Gasteiger partial charge in [-0.15, -0.1) is 0 Å². The summed E-state index contributed by atoms with van der Waals surface area (Å²) in [4.78, 5) is 17.1. The van der Waals surface area contributed by atoms with Crippen molar-refractivity contribution in [2.45, 2.75) is 12.5 Å². The smallest absolute Gasteiger partial charge is 0.258 e. The van der Waals surface area contributed by atoms with Crippen LogP contribution in [0.2, 0.25) is 0 Å². The van der Waals surface area contributed by atoms with Gasteiger partial charge < -0.3 is 24.6 Å². The van der Waals surface area contributed by atoms with Crippen LogP contribution in [0.3, 0.4) is 0 Å². The maximum absolute atomic E-state index is 12.6. The molecule has 3 aromatic carbocycles. The molecule has 3 aromatic rings. The lowest BCUT2D eigenvalue weighted by Crippen LogP contribution is -2.39. The summed E-state index contributed by atoms with van der Waals surface area (Å²) < 4.78 is 10.9. The lowest BCUT2D eigenvalue weighted by molar-refractivity contribution is -0.123. The molecule has 1 amide bonds. The van der Waals surface area contributed by atoms with Crippen molar-refractivity contribution in [1.29, 1.82) is 0 Å². The van der Waals surface area contributed by atoms with E-state index in [1.807, 2.05) is 32.3 Å². The minimum atomic E-state index is -0.153. The number of rotatable bonds is 9. The lowest BCUT2D eigenvalue weighted by atomic mass is 10.0. The van der Waals surface area contributed by atoms with E-state index < -0.39 is 0 Å². The van der Waals surface area contributed by atoms with Crippen LogP contribution in [0.15, 0.2) is 72.8 Å². The Balaban J connectivity index is 1.46. The van der Waals surface area contributed by atoms with Gasteiger partial charge in [0, 0.05) is 44.6 Å². The molecule has 4 rings (SSSR count). The van der Waals surface area contributed by atoms with Crippen molar-refractivity contribution in [1.82, 2.24) is 5.32 Å². The van der Waals surface area contributed by atoms with E-state index in [9.17, 15) is 4.79 Å². The summed E-state index contributed by atoms with van der Waals surface area (Å²) in [6.07, 6.45) is 1.01. The predicted octanol–water partition coefficient (Wildman–Crippen LogP) is 4.06. The highest BCUT2D eigenvalue weighted by molar-refractivity contribution is 5.77. The number of methoxy groups -OCH3 is 1. The molecule has 0 aliphatic carbocycles. The Bertz CT molecular complexity index is 1080. The summed E-state index contributed by atoms with van der Waals surface area (Å²) in [5, 5.41) is 3.08. The molecule has 0 fully saturated rings. The van der Waals surface area contributed by atoms with Gasteiger partial charge in [0.2, 0.25) is 0 Å². The van der Waals surface area contributed by atoms with Gasteiger partial charge in [0.25, 0.3) is 5.91 Å². The molecule has 0 spiro atoms. The maximum Gasteiger partial charge on any atom is 0.258 e. The van der Waals surface area contributed by atoms with Gasteiger partial charge in [-0.1, -0.05) is 36.4 Å². The Kier molecular flexibility index (Phi) is 7.03. The monoisotopic (exact) mass is 445 g/mol. The summed E-state index contributed by atoms with van der Waals surface area (Å²) in [6.45, 7) is 1.38. The first kappa shape index (κ1) is 22.5. The van der Waals surface area contributed by atoms with Gasteiger partial charge in [0.05, 0.1) is 13.2 Å². The Morgan fingerprint density at radius 3 is 2.55 bits per heavy atom. The fourth-order valence-corrected chi connectivity index (χ4v) is 4.19. The van der Waals surface area contributed by atoms with Crippen molar-refractivity contribution in [3.05, 3.63) is 83.9 Å². The Labute approximate surface area is 195 Å². The average molecular weight is 446 g/mol. The van der Waals surface area contributed by atoms with Gasteiger partial charge >= 0.3 is 0 Å². The van der Waals surface area contributed by atoms with Crippen LogP contribution in [-0.4, -0.2) is 46.8 Å². The van der Waals surface area contributed by atoms with E-state index in [-0.39, 0.29) is 18.6 Å². The van der Waals surface area contributed by atoms with E-state index in [2.05, 4.69) is 63.6 Å². The van der Waals surface area contributed by atoms with E-state index in [4.69, 9.17) is 9.47 Å². The molecule has 6 nitrogen and oxygen atoms in total. The number of benzene rings is 3. The molecule has 1 N–H and O–H groups in total. The molecule has 0 bridgehead atoms. The van der Waals surface area contributed by atoms with Crippen LogP contribution in [0.5, 0.6) is 11.5 Å². The number of carbonyl (C=O) groups excluding carboxylic acids is 1. The highest BCUT2D eigenvalue weighted by atomic mass is 16.5. The molecule has 0 aromatic heterocycles. The van der Waals surface area contributed by atoms with Crippen molar-refractivity contribution in [3.8, 4) is 11.5 Å². The molecule has 172 valence electrons. The normalized spacial score (nSPS) is 13.2. The number of ether oxygens (including phenoxy) is 2. The van der Waals surface area contributed by atoms with Crippen molar-refractivity contribution in [2.24, 2.45) is 0 Å². The first-order valence-electron chi connectivity index (χ1n) is 11.2. The molecule has 33 heavy (non-hydrogen) atoms. The number of hydrogen-bond donors (Lipinski definition) is 1. The number of nitrogens with one attached hydrogen (secondary N) is 1. The molecule has 1 aliphatic rings. The standard InChI is InChI=1S/C27H31N3O3/c1-29(2)22-13-11-21(12-14-22)26(30-16-15-20-7-4-5-10-25(20)30)18-28-27(31)19-33-24-9-6-8-23(17-24)32-3/h4-14,17,26H,15-16,18-19H2,1-3H3,(H,28,31). The molecule has 0 radical (unpaired) electrons. The number of nitrogens with zero attached hydrogens (tertiary/aromatic N) is 2. The molecule has 0 saturated heterocycles. The summed E-state index contributed by atoms with van der Waals surface area (Å²) in [6, 6.07) is 24.3. The third-order valence-electron chi connectivity index (χ3n) is 6.00. The van der Waals surface area contributed by atoms with Gasteiger partial charge in [0.15, 0.2) is 6.61 Å². The van der Waals surface area contributed by atoms with Crippen LogP contribution in [0.4, 0.5) is 11.4 Å². The topological polar surface area (TPSA) is 54.0 Å². The first-order chi connectivity index (χ1) is 16.0. The van der Waals surface area contributed by atoms with E-state index in [1.165, 1.54) is 16.8 Å². The lowest BCUT2D eigenvalue weighted by Gasteiger charge is -2.31. The maximum atomic E-state index is 12.6. The number of hydrogen-bond acceptors (Lipinski definition) is 5. The van der Waals surface area contributed by atoms with Crippen LogP contribution in [-0.2, 0) is 11.2 Å². The van der Waals surface area contributed by atoms with Crippen LogP contribution in [0.25, 0.3) is 0 Å². The number of amides is 1. The minimum absolute atomic E-state index is 0.0330. The number of carbonyl (C=O) groups is 1. The molecule has 6 heteroatoms. The van der Waals surface area contributed by atoms with Crippen molar-refractivity contribution >= 4 is 17.3 Å². The van der Waals surface area contributed by atoms with E-state index in [1.54, 1.807) is 13.2 Å². The zero-order valence-electron chi connectivity index (χ0n) is 19.5. The average Bonchev–Trinajstić information content (AvgIpc) is 3.27. The Morgan fingerprint density at radius 1 is 1.03 bits per heavy atom. The fraction of sp³-hybridized carbons (Fsp3) is 0.296. The highest BCUT2D eigenvalue weighted by Crippen LogP contribution is 2.35. The Morgan fingerprint density at radius 2 is 1.79 bits per heavy atom. The van der Waals surface area contributed by atoms with Gasteiger partial charge in [0.1, 0.15) is 11.5 Å². The summed E-state index contributed by atoms with van der Waals surface area (Å²) >= 11 is 0. The fourth-order valence-electron chi connectivity index (χ4n) is 4.19. The molecule has 1 heterocycles. The third kappa shape index (κ3) is 5.40.